The molecule has 0 amide bonds. The highest BCUT2D eigenvalue weighted by atomic mass is 35.5. The van der Waals surface area contributed by atoms with Gasteiger partial charge < -0.3 is 9.30 Å². The number of hydrogen-bond donors (Lipinski definition) is 0. The van der Waals surface area contributed by atoms with E-state index in [1.54, 1.807) is 31.4 Å². The minimum atomic E-state index is -0.214. The predicted molar refractivity (Wildman–Crippen MR) is 98.7 cm³/mol. The van der Waals surface area contributed by atoms with Gasteiger partial charge in [0.1, 0.15) is 11.6 Å². The Hall–Kier alpha value is -2.05. The van der Waals surface area contributed by atoms with Crippen LogP contribution in [0.4, 0.5) is 4.39 Å². The molecule has 3 aromatic rings. The van der Waals surface area contributed by atoms with Crippen molar-refractivity contribution < 1.29 is 9.13 Å². The zero-order valence-electron chi connectivity index (χ0n) is 13.9. The summed E-state index contributed by atoms with van der Waals surface area (Å²) in [6, 6.07) is 12.1. The molecular formula is C18H17ClFN3OS. The Balaban J connectivity index is 1.92. The van der Waals surface area contributed by atoms with Crippen molar-refractivity contribution in [3.05, 3.63) is 58.9 Å². The summed E-state index contributed by atoms with van der Waals surface area (Å²) in [5, 5.41) is 9.89. The highest BCUT2D eigenvalue weighted by Crippen LogP contribution is 2.34. The lowest BCUT2D eigenvalue weighted by Crippen LogP contribution is -2.01. The summed E-state index contributed by atoms with van der Waals surface area (Å²) < 4.78 is 21.2. The molecule has 1 heterocycles. The van der Waals surface area contributed by atoms with Crippen LogP contribution in [0.2, 0.25) is 5.02 Å². The summed E-state index contributed by atoms with van der Waals surface area (Å²) in [7, 11) is 1.60. The highest BCUT2D eigenvalue weighted by molar-refractivity contribution is 7.98. The van der Waals surface area contributed by atoms with Gasteiger partial charge in [-0.1, -0.05) is 41.6 Å². The molecule has 3 rings (SSSR count). The van der Waals surface area contributed by atoms with Crippen LogP contribution in [0.25, 0.3) is 11.4 Å². The summed E-state index contributed by atoms with van der Waals surface area (Å²) in [5.41, 5.74) is 1.42. The molecule has 7 heteroatoms. The van der Waals surface area contributed by atoms with E-state index in [1.807, 2.05) is 23.6 Å². The van der Waals surface area contributed by atoms with Crippen LogP contribution in [-0.4, -0.2) is 21.9 Å². The molecule has 0 aliphatic rings. The van der Waals surface area contributed by atoms with Crippen LogP contribution in [0.15, 0.2) is 47.6 Å². The van der Waals surface area contributed by atoms with Crippen LogP contribution >= 0.6 is 23.4 Å². The first kappa shape index (κ1) is 17.8. The average molecular weight is 378 g/mol. The molecular weight excluding hydrogens is 361 g/mol. The van der Waals surface area contributed by atoms with Crippen molar-refractivity contribution >= 4 is 23.4 Å². The van der Waals surface area contributed by atoms with E-state index in [-0.39, 0.29) is 5.82 Å². The third kappa shape index (κ3) is 3.80. The van der Waals surface area contributed by atoms with E-state index in [0.29, 0.717) is 34.5 Å². The summed E-state index contributed by atoms with van der Waals surface area (Å²) in [6.07, 6.45) is 0. The fourth-order valence-corrected chi connectivity index (χ4v) is 3.65. The summed E-state index contributed by atoms with van der Waals surface area (Å²) >= 11 is 7.57. The second-order valence-corrected chi connectivity index (χ2v) is 6.65. The maximum atomic E-state index is 13.8. The van der Waals surface area contributed by atoms with Crippen LogP contribution in [0, 0.1) is 5.82 Å². The number of aromatic nitrogens is 3. The van der Waals surface area contributed by atoms with Crippen molar-refractivity contribution in [2.75, 3.05) is 7.11 Å². The summed E-state index contributed by atoms with van der Waals surface area (Å²) in [4.78, 5) is 0. The molecule has 1 aromatic heterocycles. The van der Waals surface area contributed by atoms with Gasteiger partial charge in [0.25, 0.3) is 0 Å². The smallest absolute Gasteiger partial charge is 0.191 e. The first-order chi connectivity index (χ1) is 12.1. The maximum Gasteiger partial charge on any atom is 0.191 e. The number of hydrogen-bond acceptors (Lipinski definition) is 4. The van der Waals surface area contributed by atoms with E-state index in [0.717, 1.165) is 10.7 Å². The molecule has 0 bridgehead atoms. The van der Waals surface area contributed by atoms with Crippen LogP contribution in [0.3, 0.4) is 0 Å². The average Bonchev–Trinajstić information content (AvgIpc) is 3.03. The molecule has 0 saturated heterocycles. The Kier molecular flexibility index (Phi) is 5.60. The second kappa shape index (κ2) is 7.89. The normalized spacial score (nSPS) is 10.9. The number of thioether (sulfide) groups is 1. The minimum absolute atomic E-state index is 0.214. The quantitative estimate of drug-likeness (QED) is 0.563. The lowest BCUT2D eigenvalue weighted by Gasteiger charge is -2.11. The summed E-state index contributed by atoms with van der Waals surface area (Å²) in [6.45, 7) is 2.69. The van der Waals surface area contributed by atoms with E-state index >= 15 is 0 Å². The van der Waals surface area contributed by atoms with Gasteiger partial charge in [-0.25, -0.2) is 4.39 Å². The molecule has 0 unspecified atom stereocenters. The van der Waals surface area contributed by atoms with Crippen molar-refractivity contribution in [2.45, 2.75) is 24.4 Å². The molecule has 0 aliphatic heterocycles. The van der Waals surface area contributed by atoms with Gasteiger partial charge in [-0.05, 0) is 36.8 Å². The monoisotopic (exact) mass is 377 g/mol. The van der Waals surface area contributed by atoms with E-state index < -0.39 is 0 Å². The van der Waals surface area contributed by atoms with Gasteiger partial charge in [0.15, 0.2) is 11.0 Å². The van der Waals surface area contributed by atoms with Gasteiger partial charge in [0, 0.05) is 17.3 Å². The van der Waals surface area contributed by atoms with Crippen molar-refractivity contribution in [2.24, 2.45) is 0 Å². The number of rotatable bonds is 6. The Morgan fingerprint density at radius 1 is 1.20 bits per heavy atom. The van der Waals surface area contributed by atoms with E-state index in [2.05, 4.69) is 10.2 Å². The first-order valence-corrected chi connectivity index (χ1v) is 9.13. The Morgan fingerprint density at radius 3 is 2.72 bits per heavy atom. The largest absolute Gasteiger partial charge is 0.496 e. The second-order valence-electron chi connectivity index (χ2n) is 5.28. The van der Waals surface area contributed by atoms with Gasteiger partial charge in [0.2, 0.25) is 0 Å². The van der Waals surface area contributed by atoms with Gasteiger partial charge in [-0.15, -0.1) is 10.2 Å². The summed E-state index contributed by atoms with van der Waals surface area (Å²) in [5.74, 6) is 1.63. The van der Waals surface area contributed by atoms with E-state index in [4.69, 9.17) is 16.3 Å². The van der Waals surface area contributed by atoms with Gasteiger partial charge >= 0.3 is 0 Å². The third-order valence-corrected chi connectivity index (χ3v) is 5.00. The molecule has 0 N–H and O–H groups in total. The van der Waals surface area contributed by atoms with Gasteiger partial charge in [-0.2, -0.15) is 0 Å². The molecule has 0 radical (unpaired) electrons. The highest BCUT2D eigenvalue weighted by Gasteiger charge is 2.17. The molecule has 4 nitrogen and oxygen atoms in total. The number of halogens is 2. The molecule has 0 saturated carbocycles. The third-order valence-electron chi connectivity index (χ3n) is 3.75. The molecule has 2 aromatic carbocycles. The SMILES string of the molecule is CCn1c(SCc2ccccc2F)nnc1-c1cc(Cl)ccc1OC. The van der Waals surface area contributed by atoms with Gasteiger partial charge in [0.05, 0.1) is 12.7 Å². The van der Waals surface area contributed by atoms with Crippen molar-refractivity contribution in [1.82, 2.24) is 14.8 Å². The maximum absolute atomic E-state index is 13.8. The fraction of sp³-hybridized carbons (Fsp3) is 0.222. The lowest BCUT2D eigenvalue weighted by atomic mass is 10.2. The molecule has 0 spiro atoms. The van der Waals surface area contributed by atoms with Crippen molar-refractivity contribution in [3.8, 4) is 17.1 Å². The van der Waals surface area contributed by atoms with Crippen molar-refractivity contribution in [3.63, 3.8) is 0 Å². The lowest BCUT2D eigenvalue weighted by molar-refractivity contribution is 0.416. The topological polar surface area (TPSA) is 39.9 Å². The Labute approximate surface area is 155 Å². The number of nitrogens with zero attached hydrogens (tertiary/aromatic N) is 3. The zero-order chi connectivity index (χ0) is 17.8. The standard InChI is InChI=1S/C18H17ClFN3OS/c1-3-23-17(14-10-13(19)8-9-16(14)24-2)21-22-18(23)25-11-12-6-4-5-7-15(12)20/h4-10H,3,11H2,1-2H3. The fourth-order valence-electron chi connectivity index (χ4n) is 2.49. The van der Waals surface area contributed by atoms with Crippen LogP contribution in [0.5, 0.6) is 5.75 Å². The predicted octanol–water partition coefficient (Wildman–Crippen LogP) is 5.06. The van der Waals surface area contributed by atoms with Crippen molar-refractivity contribution in [1.29, 1.82) is 0 Å². The van der Waals surface area contributed by atoms with E-state index in [9.17, 15) is 4.39 Å². The molecule has 0 fully saturated rings. The number of ether oxygens (including phenoxy) is 1. The number of methoxy groups -OCH3 is 1. The molecule has 130 valence electrons. The van der Waals surface area contributed by atoms with Gasteiger partial charge in [-0.3, -0.25) is 0 Å². The molecule has 0 atom stereocenters. The van der Waals surface area contributed by atoms with Crippen LogP contribution in [0.1, 0.15) is 12.5 Å². The van der Waals surface area contributed by atoms with Crippen LogP contribution in [-0.2, 0) is 12.3 Å². The van der Waals surface area contributed by atoms with E-state index in [1.165, 1.54) is 17.8 Å². The first-order valence-electron chi connectivity index (χ1n) is 7.77. The Morgan fingerprint density at radius 2 is 2.00 bits per heavy atom. The molecule has 25 heavy (non-hydrogen) atoms. The van der Waals surface area contributed by atoms with Crippen LogP contribution < -0.4 is 4.74 Å². The molecule has 0 aliphatic carbocycles. The Bertz CT molecular complexity index is 885. The zero-order valence-corrected chi connectivity index (χ0v) is 15.4. The minimum Gasteiger partial charge on any atom is -0.496 e. The number of benzene rings is 2.